The standard InChI is InChI=1S/C18H19ClN2O3/c1-12(18(22)20-15-5-3-4-14(19)9-15)21(2)10-13-6-7-16-17(8-13)24-11-23-16/h3-9,12H,10-11H2,1-2H3,(H,20,22)/t12-/m0/s1. The van der Waals surface area contributed by atoms with Crippen molar-refractivity contribution in [1.29, 1.82) is 0 Å². The van der Waals surface area contributed by atoms with Crippen molar-refractivity contribution < 1.29 is 14.3 Å². The predicted octanol–water partition coefficient (Wildman–Crippen LogP) is 3.53. The number of amides is 1. The largest absolute Gasteiger partial charge is 0.454 e. The molecule has 0 spiro atoms. The first kappa shape index (κ1) is 16.6. The van der Waals surface area contributed by atoms with Crippen molar-refractivity contribution in [1.82, 2.24) is 4.90 Å². The van der Waals surface area contributed by atoms with Gasteiger partial charge in [-0.1, -0.05) is 23.7 Å². The SMILES string of the molecule is C[C@@H](C(=O)Nc1cccc(Cl)c1)N(C)Cc1ccc2c(c1)OCO2. The van der Waals surface area contributed by atoms with Gasteiger partial charge in [0.15, 0.2) is 11.5 Å². The summed E-state index contributed by atoms with van der Waals surface area (Å²) in [5.41, 5.74) is 1.75. The number of rotatable bonds is 5. The molecule has 0 radical (unpaired) electrons. The highest BCUT2D eigenvalue weighted by Gasteiger charge is 2.20. The summed E-state index contributed by atoms with van der Waals surface area (Å²) in [7, 11) is 1.91. The summed E-state index contributed by atoms with van der Waals surface area (Å²) < 4.78 is 10.7. The van der Waals surface area contributed by atoms with Crippen molar-refractivity contribution in [2.24, 2.45) is 0 Å². The van der Waals surface area contributed by atoms with Crippen LogP contribution in [0.15, 0.2) is 42.5 Å². The number of hydrogen-bond donors (Lipinski definition) is 1. The molecule has 1 aliphatic heterocycles. The number of halogens is 1. The number of anilines is 1. The van der Waals surface area contributed by atoms with Crippen LogP contribution in [0.25, 0.3) is 0 Å². The highest BCUT2D eigenvalue weighted by atomic mass is 35.5. The lowest BCUT2D eigenvalue weighted by molar-refractivity contribution is -0.120. The zero-order valence-electron chi connectivity index (χ0n) is 13.6. The molecule has 0 fully saturated rings. The van der Waals surface area contributed by atoms with Gasteiger partial charge in [0.05, 0.1) is 6.04 Å². The molecule has 3 rings (SSSR count). The van der Waals surface area contributed by atoms with E-state index in [9.17, 15) is 4.79 Å². The van der Waals surface area contributed by atoms with Gasteiger partial charge < -0.3 is 14.8 Å². The molecule has 1 aliphatic rings. The molecule has 24 heavy (non-hydrogen) atoms. The average molecular weight is 347 g/mol. The number of nitrogens with one attached hydrogen (secondary N) is 1. The van der Waals surface area contributed by atoms with E-state index in [0.29, 0.717) is 17.3 Å². The molecule has 0 bridgehead atoms. The highest BCUT2D eigenvalue weighted by molar-refractivity contribution is 6.30. The van der Waals surface area contributed by atoms with Gasteiger partial charge in [-0.25, -0.2) is 0 Å². The van der Waals surface area contributed by atoms with Crippen LogP contribution in [0.4, 0.5) is 5.69 Å². The molecule has 2 aromatic rings. The zero-order valence-corrected chi connectivity index (χ0v) is 14.3. The Morgan fingerprint density at radius 3 is 2.83 bits per heavy atom. The van der Waals surface area contributed by atoms with Gasteiger partial charge in [0.2, 0.25) is 12.7 Å². The molecule has 2 aromatic carbocycles. The first-order valence-electron chi connectivity index (χ1n) is 7.68. The molecule has 1 atom stereocenters. The number of carbonyl (C=O) groups excluding carboxylic acids is 1. The molecule has 126 valence electrons. The van der Waals surface area contributed by atoms with Crippen LogP contribution in [-0.2, 0) is 11.3 Å². The van der Waals surface area contributed by atoms with E-state index in [1.807, 2.05) is 43.1 Å². The van der Waals surface area contributed by atoms with Crippen LogP contribution < -0.4 is 14.8 Å². The van der Waals surface area contributed by atoms with Crippen LogP contribution in [-0.4, -0.2) is 30.7 Å². The van der Waals surface area contributed by atoms with Crippen molar-refractivity contribution >= 4 is 23.2 Å². The Morgan fingerprint density at radius 2 is 2.04 bits per heavy atom. The number of benzene rings is 2. The third-order valence-electron chi connectivity index (χ3n) is 4.00. The predicted molar refractivity (Wildman–Crippen MR) is 93.6 cm³/mol. The van der Waals surface area contributed by atoms with Gasteiger partial charge in [-0.15, -0.1) is 0 Å². The molecule has 6 heteroatoms. The number of fused-ring (bicyclic) bond motifs is 1. The molecule has 0 saturated carbocycles. The third-order valence-corrected chi connectivity index (χ3v) is 4.24. The molecular weight excluding hydrogens is 328 g/mol. The van der Waals surface area contributed by atoms with E-state index in [0.717, 1.165) is 17.1 Å². The Bertz CT molecular complexity index is 751. The Kier molecular flexibility index (Phi) is 4.92. The van der Waals surface area contributed by atoms with Gasteiger partial charge >= 0.3 is 0 Å². The Morgan fingerprint density at radius 1 is 1.25 bits per heavy atom. The fourth-order valence-electron chi connectivity index (χ4n) is 2.48. The number of carbonyl (C=O) groups is 1. The van der Waals surface area contributed by atoms with Crippen molar-refractivity contribution in [2.45, 2.75) is 19.5 Å². The number of ether oxygens (including phenoxy) is 2. The smallest absolute Gasteiger partial charge is 0.241 e. The summed E-state index contributed by atoms with van der Waals surface area (Å²) in [5, 5.41) is 3.47. The van der Waals surface area contributed by atoms with Crippen LogP contribution in [0.2, 0.25) is 5.02 Å². The van der Waals surface area contributed by atoms with E-state index in [1.54, 1.807) is 18.2 Å². The molecule has 0 unspecified atom stereocenters. The number of nitrogens with zero attached hydrogens (tertiary/aromatic N) is 1. The lowest BCUT2D eigenvalue weighted by Gasteiger charge is -2.24. The monoisotopic (exact) mass is 346 g/mol. The maximum absolute atomic E-state index is 12.4. The Hall–Kier alpha value is -2.24. The van der Waals surface area contributed by atoms with E-state index in [1.165, 1.54) is 0 Å². The van der Waals surface area contributed by atoms with Crippen molar-refractivity contribution in [3.05, 3.63) is 53.1 Å². The Balaban J connectivity index is 1.61. The number of likely N-dealkylation sites (N-methyl/N-ethyl adjacent to an activating group) is 1. The second-order valence-corrected chi connectivity index (χ2v) is 6.21. The molecular formula is C18H19ClN2O3. The Labute approximate surface area is 146 Å². The highest BCUT2D eigenvalue weighted by Crippen LogP contribution is 2.32. The second-order valence-electron chi connectivity index (χ2n) is 5.78. The van der Waals surface area contributed by atoms with Crippen LogP contribution in [0, 0.1) is 0 Å². The first-order chi connectivity index (χ1) is 11.5. The van der Waals surface area contributed by atoms with Gasteiger partial charge in [0.1, 0.15) is 0 Å². The quantitative estimate of drug-likeness (QED) is 0.899. The summed E-state index contributed by atoms with van der Waals surface area (Å²) in [5.74, 6) is 1.42. The normalized spacial score (nSPS) is 13.8. The van der Waals surface area contributed by atoms with Crippen molar-refractivity contribution in [3.8, 4) is 11.5 Å². The minimum absolute atomic E-state index is 0.0829. The van der Waals surface area contributed by atoms with E-state index < -0.39 is 0 Å². The molecule has 0 aromatic heterocycles. The lowest BCUT2D eigenvalue weighted by atomic mass is 10.1. The van der Waals surface area contributed by atoms with Crippen molar-refractivity contribution in [3.63, 3.8) is 0 Å². The van der Waals surface area contributed by atoms with Gasteiger partial charge in [-0.2, -0.15) is 0 Å². The minimum Gasteiger partial charge on any atom is -0.454 e. The van der Waals surface area contributed by atoms with E-state index in [2.05, 4.69) is 5.32 Å². The fourth-order valence-corrected chi connectivity index (χ4v) is 2.67. The molecule has 0 aliphatic carbocycles. The van der Waals surface area contributed by atoms with E-state index in [-0.39, 0.29) is 18.7 Å². The van der Waals surface area contributed by atoms with Crippen LogP contribution >= 0.6 is 11.6 Å². The van der Waals surface area contributed by atoms with Gasteiger partial charge in [0, 0.05) is 17.3 Å². The maximum atomic E-state index is 12.4. The van der Waals surface area contributed by atoms with Gasteiger partial charge in [0.25, 0.3) is 0 Å². The van der Waals surface area contributed by atoms with E-state index >= 15 is 0 Å². The van der Waals surface area contributed by atoms with Crippen molar-refractivity contribution in [2.75, 3.05) is 19.2 Å². The van der Waals surface area contributed by atoms with Crippen LogP contribution in [0.1, 0.15) is 12.5 Å². The second kappa shape index (κ2) is 7.11. The molecule has 5 nitrogen and oxygen atoms in total. The average Bonchev–Trinajstić information content (AvgIpc) is 3.01. The maximum Gasteiger partial charge on any atom is 0.241 e. The summed E-state index contributed by atoms with van der Waals surface area (Å²) in [4.78, 5) is 14.4. The molecule has 1 N–H and O–H groups in total. The third kappa shape index (κ3) is 3.80. The molecule has 1 amide bonds. The van der Waals surface area contributed by atoms with Gasteiger partial charge in [-0.05, 0) is 49.9 Å². The minimum atomic E-state index is -0.297. The van der Waals surface area contributed by atoms with Crippen LogP contribution in [0.5, 0.6) is 11.5 Å². The molecule has 1 heterocycles. The number of hydrogen-bond acceptors (Lipinski definition) is 4. The zero-order chi connectivity index (χ0) is 17.1. The topological polar surface area (TPSA) is 50.8 Å². The summed E-state index contributed by atoms with van der Waals surface area (Å²) >= 11 is 5.94. The molecule has 0 saturated heterocycles. The summed E-state index contributed by atoms with van der Waals surface area (Å²) in [6.07, 6.45) is 0. The van der Waals surface area contributed by atoms with Crippen LogP contribution in [0.3, 0.4) is 0 Å². The summed E-state index contributed by atoms with van der Waals surface area (Å²) in [6.45, 7) is 2.75. The van der Waals surface area contributed by atoms with Gasteiger partial charge in [-0.3, -0.25) is 9.69 Å². The van der Waals surface area contributed by atoms with E-state index in [4.69, 9.17) is 21.1 Å². The lowest BCUT2D eigenvalue weighted by Crippen LogP contribution is -2.39. The first-order valence-corrected chi connectivity index (χ1v) is 8.06. The summed E-state index contributed by atoms with van der Waals surface area (Å²) in [6, 6.07) is 12.6. The fraction of sp³-hybridized carbons (Fsp3) is 0.278.